The van der Waals surface area contributed by atoms with Gasteiger partial charge in [-0.3, -0.25) is 4.98 Å². The van der Waals surface area contributed by atoms with E-state index in [9.17, 15) is 8.42 Å². The van der Waals surface area contributed by atoms with E-state index in [0.29, 0.717) is 35.6 Å². The van der Waals surface area contributed by atoms with Gasteiger partial charge in [-0.1, -0.05) is 42.5 Å². The van der Waals surface area contributed by atoms with Gasteiger partial charge in [0, 0.05) is 55.6 Å². The lowest BCUT2D eigenvalue weighted by Crippen LogP contribution is -2.39. The Hall–Kier alpha value is -3.76. The molecule has 0 amide bonds. The van der Waals surface area contributed by atoms with E-state index in [2.05, 4.69) is 15.4 Å². The molecule has 1 fully saturated rings. The number of hydrogen-bond donors (Lipinski definition) is 1. The number of anilines is 1. The molecule has 0 aliphatic carbocycles. The molecule has 6 rings (SSSR count). The molecular formula is C27H25BN6O2S. The van der Waals surface area contributed by atoms with Crippen molar-refractivity contribution in [3.8, 4) is 0 Å². The molecule has 1 atom stereocenters. The molecule has 2 aromatic carbocycles. The number of benzene rings is 2. The summed E-state index contributed by atoms with van der Waals surface area (Å²) >= 11 is 0. The average molecular weight is 508 g/mol. The minimum atomic E-state index is -3.69. The quantitative estimate of drug-likeness (QED) is 0.354. The van der Waals surface area contributed by atoms with Gasteiger partial charge >= 0.3 is 0 Å². The zero-order valence-corrected chi connectivity index (χ0v) is 21.0. The number of pyridine rings is 1. The fraction of sp³-hybridized carbons (Fsp3) is 0.222. The molecule has 1 unspecified atom stereocenters. The first-order valence-electron chi connectivity index (χ1n) is 12.3. The SMILES string of the molecule is [B]c1cnn2c(NCc3cccnc3)cc(C3CCCN(S(=O)(=O)c4cccc5ccccc45)C3)nc12. The molecule has 5 aromatic rings. The first-order chi connectivity index (χ1) is 18.0. The third-order valence-electron chi connectivity index (χ3n) is 6.89. The Morgan fingerprint density at radius 3 is 2.78 bits per heavy atom. The average Bonchev–Trinajstić information content (AvgIpc) is 3.32. The molecule has 37 heavy (non-hydrogen) atoms. The molecule has 1 aliphatic rings. The molecule has 3 aromatic heterocycles. The van der Waals surface area contributed by atoms with E-state index in [1.54, 1.807) is 39.5 Å². The lowest BCUT2D eigenvalue weighted by atomic mass is 9.95. The number of nitrogens with one attached hydrogen (secondary N) is 1. The monoisotopic (exact) mass is 508 g/mol. The summed E-state index contributed by atoms with van der Waals surface area (Å²) in [5.41, 5.74) is 2.85. The highest BCUT2D eigenvalue weighted by atomic mass is 32.2. The van der Waals surface area contributed by atoms with Crippen LogP contribution in [0.1, 0.15) is 30.0 Å². The summed E-state index contributed by atoms with van der Waals surface area (Å²) in [6.07, 6.45) is 6.71. The van der Waals surface area contributed by atoms with Crippen LogP contribution in [0.25, 0.3) is 16.4 Å². The number of piperidine rings is 1. The van der Waals surface area contributed by atoms with Crippen molar-refractivity contribution in [3.63, 3.8) is 0 Å². The third kappa shape index (κ3) is 4.47. The molecule has 0 bridgehead atoms. The Morgan fingerprint density at radius 1 is 1.05 bits per heavy atom. The summed E-state index contributed by atoms with van der Waals surface area (Å²) in [5.74, 6) is 0.673. The van der Waals surface area contributed by atoms with Gasteiger partial charge in [0.2, 0.25) is 10.0 Å². The standard InChI is InChI=1S/C27H25BN6O2S/c28-23-17-31-34-26(30-16-19-6-4-12-29-15-19)14-24(32-27(23)34)21-9-5-13-33(18-21)37(35,36)25-11-3-8-20-7-1-2-10-22(20)25/h1-4,6-8,10-12,14-15,17,21,30H,5,9,13,16,18H2. The second-order valence-electron chi connectivity index (χ2n) is 9.30. The Kier molecular flexibility index (Phi) is 6.14. The highest BCUT2D eigenvalue weighted by Crippen LogP contribution is 2.33. The molecule has 1 aliphatic heterocycles. The minimum Gasteiger partial charge on any atom is -0.366 e. The maximum atomic E-state index is 13.8. The number of rotatable bonds is 6. The lowest BCUT2D eigenvalue weighted by Gasteiger charge is -2.32. The van der Waals surface area contributed by atoms with Crippen molar-refractivity contribution in [2.45, 2.75) is 30.2 Å². The molecule has 4 heterocycles. The zero-order valence-electron chi connectivity index (χ0n) is 20.2. The van der Waals surface area contributed by atoms with E-state index in [1.807, 2.05) is 48.5 Å². The molecule has 0 spiro atoms. The fourth-order valence-electron chi connectivity index (χ4n) is 4.99. The summed E-state index contributed by atoms with van der Waals surface area (Å²) in [5, 5.41) is 9.45. The topological polar surface area (TPSA) is 92.5 Å². The maximum Gasteiger partial charge on any atom is 0.243 e. The van der Waals surface area contributed by atoms with Crippen LogP contribution in [0.4, 0.5) is 5.82 Å². The Bertz CT molecular complexity index is 1680. The first kappa shape index (κ1) is 23.6. The molecule has 0 saturated carbocycles. The molecule has 184 valence electrons. The van der Waals surface area contributed by atoms with Crippen LogP contribution in [-0.2, 0) is 16.6 Å². The summed E-state index contributed by atoms with van der Waals surface area (Å²) in [7, 11) is 2.50. The van der Waals surface area contributed by atoms with Crippen LogP contribution < -0.4 is 10.8 Å². The van der Waals surface area contributed by atoms with E-state index >= 15 is 0 Å². The van der Waals surface area contributed by atoms with Crippen LogP contribution in [0.2, 0.25) is 0 Å². The highest BCUT2D eigenvalue weighted by Gasteiger charge is 2.33. The Balaban J connectivity index is 1.32. The molecule has 10 heteroatoms. The normalized spacial score (nSPS) is 16.8. The molecule has 8 nitrogen and oxygen atoms in total. The molecule has 1 saturated heterocycles. The van der Waals surface area contributed by atoms with Crippen molar-refractivity contribution in [2.75, 3.05) is 18.4 Å². The van der Waals surface area contributed by atoms with Gasteiger partial charge in [-0.05, 0) is 41.4 Å². The van der Waals surface area contributed by atoms with Crippen LogP contribution in [0.5, 0.6) is 0 Å². The smallest absolute Gasteiger partial charge is 0.243 e. The summed E-state index contributed by atoms with van der Waals surface area (Å²) in [4.78, 5) is 9.33. The van der Waals surface area contributed by atoms with Crippen molar-refractivity contribution in [2.24, 2.45) is 0 Å². The number of aromatic nitrogens is 4. The second kappa shape index (κ2) is 9.61. The van der Waals surface area contributed by atoms with E-state index in [1.165, 1.54) is 0 Å². The summed E-state index contributed by atoms with van der Waals surface area (Å²) in [6.45, 7) is 1.38. The second-order valence-corrected chi connectivity index (χ2v) is 11.2. The van der Waals surface area contributed by atoms with Crippen LogP contribution in [0.15, 0.2) is 84.1 Å². The number of sulfonamides is 1. The van der Waals surface area contributed by atoms with Crippen LogP contribution in [0, 0.1) is 0 Å². The maximum absolute atomic E-state index is 13.8. The Labute approximate surface area is 216 Å². The van der Waals surface area contributed by atoms with Crippen molar-refractivity contribution in [1.82, 2.24) is 23.9 Å². The van der Waals surface area contributed by atoms with Crippen molar-refractivity contribution >= 4 is 45.6 Å². The first-order valence-corrected chi connectivity index (χ1v) is 13.7. The highest BCUT2D eigenvalue weighted by molar-refractivity contribution is 7.89. The fourth-order valence-corrected chi connectivity index (χ4v) is 6.73. The van der Waals surface area contributed by atoms with E-state index < -0.39 is 10.0 Å². The predicted molar refractivity (Wildman–Crippen MR) is 145 cm³/mol. The van der Waals surface area contributed by atoms with Crippen LogP contribution in [-0.4, -0.2) is 53.2 Å². The zero-order chi connectivity index (χ0) is 25.4. The summed E-state index contributed by atoms with van der Waals surface area (Å²) in [6, 6.07) is 18.8. The van der Waals surface area contributed by atoms with E-state index in [4.69, 9.17) is 12.8 Å². The molecular weight excluding hydrogens is 483 g/mol. The van der Waals surface area contributed by atoms with Crippen molar-refractivity contribution in [1.29, 1.82) is 0 Å². The largest absolute Gasteiger partial charge is 0.366 e. The minimum absolute atomic E-state index is 0.0725. The van der Waals surface area contributed by atoms with Gasteiger partial charge in [-0.25, -0.2) is 13.4 Å². The third-order valence-corrected chi connectivity index (χ3v) is 8.81. The predicted octanol–water partition coefficient (Wildman–Crippen LogP) is 3.25. The van der Waals surface area contributed by atoms with E-state index in [-0.39, 0.29) is 5.92 Å². The van der Waals surface area contributed by atoms with Gasteiger partial charge in [0.15, 0.2) is 5.65 Å². The van der Waals surface area contributed by atoms with Gasteiger partial charge in [0.05, 0.1) is 10.6 Å². The van der Waals surface area contributed by atoms with Crippen molar-refractivity contribution in [3.05, 3.63) is 90.5 Å². The van der Waals surface area contributed by atoms with Gasteiger partial charge in [0.1, 0.15) is 13.7 Å². The number of hydrogen-bond acceptors (Lipinski definition) is 6. The van der Waals surface area contributed by atoms with Gasteiger partial charge in [-0.2, -0.15) is 13.9 Å². The lowest BCUT2D eigenvalue weighted by molar-refractivity contribution is 0.313. The van der Waals surface area contributed by atoms with Crippen LogP contribution in [0.3, 0.4) is 0 Å². The van der Waals surface area contributed by atoms with E-state index in [0.717, 1.165) is 40.7 Å². The van der Waals surface area contributed by atoms with Crippen molar-refractivity contribution < 1.29 is 8.42 Å². The van der Waals surface area contributed by atoms with Gasteiger partial charge < -0.3 is 5.32 Å². The van der Waals surface area contributed by atoms with Crippen LogP contribution >= 0.6 is 0 Å². The Morgan fingerprint density at radius 2 is 1.92 bits per heavy atom. The van der Waals surface area contributed by atoms with Gasteiger partial charge in [-0.15, -0.1) is 0 Å². The number of nitrogens with zero attached hydrogens (tertiary/aromatic N) is 5. The molecule has 2 radical (unpaired) electrons. The molecule has 1 N–H and O–H groups in total. The number of fused-ring (bicyclic) bond motifs is 2. The van der Waals surface area contributed by atoms with Gasteiger partial charge in [0.25, 0.3) is 0 Å². The summed E-state index contributed by atoms with van der Waals surface area (Å²) < 4.78 is 30.8.